The molecule has 0 saturated heterocycles. The van der Waals surface area contributed by atoms with Crippen molar-refractivity contribution >= 4 is 5.91 Å². The van der Waals surface area contributed by atoms with Gasteiger partial charge in [-0.2, -0.15) is 0 Å². The molecule has 0 aliphatic carbocycles. The van der Waals surface area contributed by atoms with E-state index in [1.165, 1.54) is 5.56 Å². The van der Waals surface area contributed by atoms with E-state index in [1.54, 1.807) is 7.11 Å². The third-order valence-corrected chi connectivity index (χ3v) is 4.79. The maximum absolute atomic E-state index is 12.9. The molecule has 1 heterocycles. The standard InChI is InChI=1S/C20H24N2O2/c1-14(12-21)20(23)22-13-17-10-18(24-2)9-8-16(17)11-19(22)15-6-4-3-5-7-15/h3-10,14,19H,11-13,21H2,1-2H3. The zero-order chi connectivity index (χ0) is 17.1. The smallest absolute Gasteiger partial charge is 0.227 e. The summed E-state index contributed by atoms with van der Waals surface area (Å²) in [5.74, 6) is 0.759. The van der Waals surface area contributed by atoms with Gasteiger partial charge in [-0.25, -0.2) is 0 Å². The molecule has 1 aliphatic heterocycles. The van der Waals surface area contributed by atoms with E-state index in [0.717, 1.165) is 23.3 Å². The zero-order valence-corrected chi connectivity index (χ0v) is 14.2. The first-order chi connectivity index (χ1) is 11.6. The number of rotatable bonds is 4. The second-order valence-electron chi connectivity index (χ2n) is 6.37. The minimum atomic E-state index is -0.177. The second-order valence-corrected chi connectivity index (χ2v) is 6.37. The lowest BCUT2D eigenvalue weighted by molar-refractivity contribution is -0.138. The number of hydrogen-bond acceptors (Lipinski definition) is 3. The van der Waals surface area contributed by atoms with Gasteiger partial charge in [-0.3, -0.25) is 4.79 Å². The molecule has 1 aliphatic rings. The van der Waals surface area contributed by atoms with Crippen LogP contribution >= 0.6 is 0 Å². The zero-order valence-electron chi connectivity index (χ0n) is 14.2. The Hall–Kier alpha value is -2.33. The van der Waals surface area contributed by atoms with Crippen LogP contribution in [-0.4, -0.2) is 24.5 Å². The molecular weight excluding hydrogens is 300 g/mol. The van der Waals surface area contributed by atoms with Gasteiger partial charge in [0, 0.05) is 19.0 Å². The number of hydrogen-bond donors (Lipinski definition) is 1. The molecule has 2 atom stereocenters. The predicted octanol–water partition coefficient (Wildman–Crippen LogP) is 2.92. The summed E-state index contributed by atoms with van der Waals surface area (Å²) in [5.41, 5.74) is 9.32. The maximum atomic E-state index is 12.9. The molecule has 24 heavy (non-hydrogen) atoms. The Morgan fingerprint density at radius 2 is 2.00 bits per heavy atom. The normalized spacial score (nSPS) is 18.0. The third-order valence-electron chi connectivity index (χ3n) is 4.79. The average Bonchev–Trinajstić information content (AvgIpc) is 2.65. The molecular formula is C20H24N2O2. The van der Waals surface area contributed by atoms with Crippen molar-refractivity contribution in [3.63, 3.8) is 0 Å². The van der Waals surface area contributed by atoms with Crippen molar-refractivity contribution in [1.29, 1.82) is 0 Å². The first-order valence-electron chi connectivity index (χ1n) is 8.35. The van der Waals surface area contributed by atoms with Gasteiger partial charge in [0.05, 0.1) is 13.2 Å². The topological polar surface area (TPSA) is 55.6 Å². The highest BCUT2D eigenvalue weighted by Gasteiger charge is 2.32. The molecule has 2 unspecified atom stereocenters. The van der Waals surface area contributed by atoms with E-state index in [1.807, 2.05) is 42.2 Å². The van der Waals surface area contributed by atoms with Crippen molar-refractivity contribution in [2.45, 2.75) is 25.9 Å². The van der Waals surface area contributed by atoms with E-state index in [-0.39, 0.29) is 17.9 Å². The predicted molar refractivity (Wildman–Crippen MR) is 94.6 cm³/mol. The lowest BCUT2D eigenvalue weighted by Gasteiger charge is -2.38. The monoisotopic (exact) mass is 324 g/mol. The first kappa shape index (κ1) is 16.5. The number of ether oxygens (including phenoxy) is 1. The number of nitrogens with zero attached hydrogens (tertiary/aromatic N) is 1. The molecule has 1 amide bonds. The van der Waals surface area contributed by atoms with Gasteiger partial charge < -0.3 is 15.4 Å². The molecule has 0 saturated carbocycles. The van der Waals surface area contributed by atoms with Crippen LogP contribution in [-0.2, 0) is 17.8 Å². The van der Waals surface area contributed by atoms with Crippen LogP contribution in [0.2, 0.25) is 0 Å². The second kappa shape index (κ2) is 7.05. The van der Waals surface area contributed by atoms with Crippen LogP contribution in [0.4, 0.5) is 0 Å². The van der Waals surface area contributed by atoms with E-state index < -0.39 is 0 Å². The Morgan fingerprint density at radius 1 is 1.25 bits per heavy atom. The van der Waals surface area contributed by atoms with Crippen molar-refractivity contribution in [3.8, 4) is 5.75 Å². The molecule has 0 bridgehead atoms. The molecule has 2 aromatic carbocycles. The van der Waals surface area contributed by atoms with Gasteiger partial charge in [-0.05, 0) is 35.2 Å². The largest absolute Gasteiger partial charge is 0.497 e. The molecule has 3 rings (SSSR count). The van der Waals surface area contributed by atoms with Crippen molar-refractivity contribution in [2.24, 2.45) is 11.7 Å². The number of amides is 1. The molecule has 4 heteroatoms. The van der Waals surface area contributed by atoms with Crippen LogP contribution in [0.1, 0.15) is 29.7 Å². The van der Waals surface area contributed by atoms with Gasteiger partial charge in [-0.1, -0.05) is 43.3 Å². The van der Waals surface area contributed by atoms with E-state index in [0.29, 0.717) is 13.1 Å². The molecule has 2 N–H and O–H groups in total. The summed E-state index contributed by atoms with van der Waals surface area (Å²) in [6.07, 6.45) is 0.812. The van der Waals surface area contributed by atoms with Crippen LogP contribution in [0, 0.1) is 5.92 Å². The Balaban J connectivity index is 2.00. The lowest BCUT2D eigenvalue weighted by Crippen LogP contribution is -2.43. The highest BCUT2D eigenvalue weighted by Crippen LogP contribution is 2.35. The van der Waals surface area contributed by atoms with Crippen LogP contribution in [0.3, 0.4) is 0 Å². The highest BCUT2D eigenvalue weighted by atomic mass is 16.5. The highest BCUT2D eigenvalue weighted by molar-refractivity contribution is 5.79. The van der Waals surface area contributed by atoms with Crippen molar-refractivity contribution in [1.82, 2.24) is 4.90 Å². The average molecular weight is 324 g/mol. The molecule has 0 aromatic heterocycles. The van der Waals surface area contributed by atoms with Crippen LogP contribution in [0.5, 0.6) is 5.75 Å². The van der Waals surface area contributed by atoms with Crippen molar-refractivity contribution < 1.29 is 9.53 Å². The van der Waals surface area contributed by atoms with E-state index in [4.69, 9.17) is 10.5 Å². The molecule has 126 valence electrons. The number of nitrogens with two attached hydrogens (primary N) is 1. The first-order valence-corrected chi connectivity index (χ1v) is 8.35. The molecule has 2 aromatic rings. The number of fused-ring (bicyclic) bond motifs is 1. The lowest BCUT2D eigenvalue weighted by atomic mass is 9.89. The third kappa shape index (κ3) is 3.15. The summed E-state index contributed by atoms with van der Waals surface area (Å²) in [7, 11) is 1.66. The summed E-state index contributed by atoms with van der Waals surface area (Å²) < 4.78 is 5.33. The molecule has 0 fully saturated rings. The minimum Gasteiger partial charge on any atom is -0.497 e. The fourth-order valence-corrected chi connectivity index (χ4v) is 3.28. The quantitative estimate of drug-likeness (QED) is 0.941. The Labute approximate surface area is 143 Å². The minimum absolute atomic E-state index is 0.0496. The summed E-state index contributed by atoms with van der Waals surface area (Å²) in [6.45, 7) is 2.85. The van der Waals surface area contributed by atoms with Gasteiger partial charge >= 0.3 is 0 Å². The van der Waals surface area contributed by atoms with Crippen molar-refractivity contribution in [3.05, 3.63) is 65.2 Å². The van der Waals surface area contributed by atoms with Gasteiger partial charge in [0.15, 0.2) is 0 Å². The summed E-state index contributed by atoms with van der Waals surface area (Å²) >= 11 is 0. The number of carbonyl (C=O) groups excluding carboxylic acids is 1. The summed E-state index contributed by atoms with van der Waals surface area (Å²) in [6, 6.07) is 16.4. The van der Waals surface area contributed by atoms with Gasteiger partial charge in [-0.15, -0.1) is 0 Å². The van der Waals surface area contributed by atoms with E-state index in [9.17, 15) is 4.79 Å². The summed E-state index contributed by atoms with van der Waals surface area (Å²) in [5, 5.41) is 0. The fraction of sp³-hybridized carbons (Fsp3) is 0.350. The SMILES string of the molecule is COc1ccc2c(c1)CN(C(=O)C(C)CN)C(c1ccccc1)C2. The summed E-state index contributed by atoms with van der Waals surface area (Å²) in [4.78, 5) is 14.9. The Morgan fingerprint density at radius 3 is 2.67 bits per heavy atom. The number of methoxy groups -OCH3 is 1. The number of benzene rings is 2. The van der Waals surface area contributed by atoms with Gasteiger partial charge in [0.25, 0.3) is 0 Å². The molecule has 4 nitrogen and oxygen atoms in total. The van der Waals surface area contributed by atoms with Crippen LogP contribution < -0.4 is 10.5 Å². The molecule has 0 radical (unpaired) electrons. The number of carbonyl (C=O) groups is 1. The Bertz CT molecular complexity index is 715. The van der Waals surface area contributed by atoms with Crippen LogP contribution in [0.15, 0.2) is 48.5 Å². The fourth-order valence-electron chi connectivity index (χ4n) is 3.28. The van der Waals surface area contributed by atoms with E-state index in [2.05, 4.69) is 18.2 Å². The molecule has 0 spiro atoms. The van der Waals surface area contributed by atoms with Gasteiger partial charge in [0.1, 0.15) is 5.75 Å². The Kier molecular flexibility index (Phi) is 4.86. The van der Waals surface area contributed by atoms with Crippen LogP contribution in [0.25, 0.3) is 0 Å². The maximum Gasteiger partial charge on any atom is 0.227 e. The van der Waals surface area contributed by atoms with Gasteiger partial charge in [0.2, 0.25) is 5.91 Å². The van der Waals surface area contributed by atoms with E-state index >= 15 is 0 Å². The van der Waals surface area contributed by atoms with Crippen molar-refractivity contribution in [2.75, 3.05) is 13.7 Å².